The number of nitrogens with one attached hydrogen (secondary N) is 1. The van der Waals surface area contributed by atoms with E-state index in [1.165, 1.54) is 11.3 Å². The molecular formula is C24H24F5N5OS. The number of likely N-dealkylation sites (tertiary alicyclic amines) is 1. The lowest BCUT2D eigenvalue weighted by Gasteiger charge is -2.43. The van der Waals surface area contributed by atoms with Crippen LogP contribution in [0, 0.1) is 19.8 Å². The van der Waals surface area contributed by atoms with E-state index in [4.69, 9.17) is 0 Å². The van der Waals surface area contributed by atoms with Gasteiger partial charge in [-0.05, 0) is 25.3 Å². The molecule has 3 aromatic rings. The number of nitrogens with zero attached hydrogens (tertiary/aromatic N) is 4. The van der Waals surface area contributed by atoms with Crippen LogP contribution in [0.25, 0.3) is 10.4 Å². The van der Waals surface area contributed by atoms with E-state index in [0.717, 1.165) is 22.2 Å². The van der Waals surface area contributed by atoms with Crippen LogP contribution < -0.4 is 5.32 Å². The molecule has 0 aliphatic carbocycles. The van der Waals surface area contributed by atoms with Crippen LogP contribution in [0.2, 0.25) is 0 Å². The third-order valence-corrected chi connectivity index (χ3v) is 7.05. The van der Waals surface area contributed by atoms with Crippen molar-refractivity contribution in [2.45, 2.75) is 45.3 Å². The molecule has 2 unspecified atom stereocenters. The molecule has 12 heteroatoms. The predicted octanol–water partition coefficient (Wildman–Crippen LogP) is 5.83. The molecule has 6 nitrogen and oxygen atoms in total. The fourth-order valence-electron chi connectivity index (χ4n) is 4.26. The van der Waals surface area contributed by atoms with Gasteiger partial charge >= 0.3 is 6.18 Å². The van der Waals surface area contributed by atoms with Crippen LogP contribution in [0.4, 0.5) is 27.8 Å². The zero-order valence-corrected chi connectivity index (χ0v) is 20.6. The fourth-order valence-corrected chi connectivity index (χ4v) is 5.18. The number of amides is 1. The summed E-state index contributed by atoms with van der Waals surface area (Å²) in [5, 5.41) is 3.47. The van der Waals surface area contributed by atoms with Crippen molar-refractivity contribution in [2.24, 2.45) is 5.92 Å². The van der Waals surface area contributed by atoms with Crippen LogP contribution in [0.5, 0.6) is 0 Å². The molecular weight excluding hydrogens is 501 g/mol. The van der Waals surface area contributed by atoms with Gasteiger partial charge in [-0.3, -0.25) is 4.79 Å². The van der Waals surface area contributed by atoms with Crippen LogP contribution in [0.15, 0.2) is 36.7 Å². The summed E-state index contributed by atoms with van der Waals surface area (Å²) in [4.78, 5) is 26.8. The zero-order valence-electron chi connectivity index (χ0n) is 19.7. The summed E-state index contributed by atoms with van der Waals surface area (Å²) in [6, 6.07) is 6.83. The minimum absolute atomic E-state index is 0.00597. The van der Waals surface area contributed by atoms with Gasteiger partial charge in [0, 0.05) is 13.0 Å². The van der Waals surface area contributed by atoms with Crippen LogP contribution >= 0.6 is 11.3 Å². The second kappa shape index (κ2) is 9.72. The highest BCUT2D eigenvalue weighted by Crippen LogP contribution is 2.37. The Kier molecular flexibility index (Phi) is 7.00. The topological polar surface area (TPSA) is 71.0 Å². The van der Waals surface area contributed by atoms with Crippen molar-refractivity contribution < 1.29 is 26.7 Å². The van der Waals surface area contributed by atoms with Gasteiger partial charge in [0.2, 0.25) is 0 Å². The van der Waals surface area contributed by atoms with Crippen LogP contribution in [-0.2, 0) is 6.18 Å². The van der Waals surface area contributed by atoms with Crippen LogP contribution in [-0.4, -0.2) is 50.8 Å². The Morgan fingerprint density at radius 2 is 1.86 bits per heavy atom. The largest absolute Gasteiger partial charge is 0.434 e. The number of halogens is 5. The first-order valence-corrected chi connectivity index (χ1v) is 12.0. The number of piperidine rings is 1. The Labute approximate surface area is 208 Å². The Bertz CT molecular complexity index is 1230. The Morgan fingerprint density at radius 3 is 2.47 bits per heavy atom. The van der Waals surface area contributed by atoms with Gasteiger partial charge < -0.3 is 10.2 Å². The molecule has 0 bridgehead atoms. The van der Waals surface area contributed by atoms with Gasteiger partial charge in [0.25, 0.3) is 11.8 Å². The van der Waals surface area contributed by atoms with Crippen molar-refractivity contribution in [3.63, 3.8) is 0 Å². The molecule has 0 saturated carbocycles. The highest BCUT2D eigenvalue weighted by molar-refractivity contribution is 7.15. The maximum Gasteiger partial charge on any atom is 0.434 e. The molecule has 1 aromatic carbocycles. The molecule has 1 aliphatic rings. The number of thiazole rings is 1. The average molecular weight is 526 g/mol. The third kappa shape index (κ3) is 5.63. The van der Waals surface area contributed by atoms with Gasteiger partial charge in [0.1, 0.15) is 11.5 Å². The number of aromatic nitrogens is 3. The first-order chi connectivity index (χ1) is 16.8. The molecule has 3 heterocycles. The molecule has 1 amide bonds. The summed E-state index contributed by atoms with van der Waals surface area (Å²) in [5.41, 5.74) is 0.763. The molecule has 1 N–H and O–H groups in total. The number of alkyl halides is 5. The van der Waals surface area contributed by atoms with E-state index in [0.29, 0.717) is 16.1 Å². The van der Waals surface area contributed by atoms with Gasteiger partial charge in [-0.25, -0.2) is 23.7 Å². The van der Waals surface area contributed by atoms with E-state index in [2.05, 4.69) is 20.3 Å². The fraction of sp³-hybridized carbons (Fsp3) is 0.417. The monoisotopic (exact) mass is 525 g/mol. The summed E-state index contributed by atoms with van der Waals surface area (Å²) in [7, 11) is 0. The molecule has 2 atom stereocenters. The van der Waals surface area contributed by atoms with Crippen molar-refractivity contribution in [3.05, 3.63) is 58.6 Å². The second-order valence-corrected chi connectivity index (χ2v) is 10.2. The van der Waals surface area contributed by atoms with Crippen molar-refractivity contribution in [1.82, 2.24) is 19.9 Å². The number of benzene rings is 1. The molecule has 192 valence electrons. The normalized spacial score (nSPS) is 19.8. The summed E-state index contributed by atoms with van der Waals surface area (Å²) in [5.74, 6) is -4.26. The van der Waals surface area contributed by atoms with Crippen molar-refractivity contribution in [1.29, 1.82) is 0 Å². The van der Waals surface area contributed by atoms with E-state index in [9.17, 15) is 26.7 Å². The van der Waals surface area contributed by atoms with Gasteiger partial charge in [-0.1, -0.05) is 36.8 Å². The standard InChI is InChI=1S/C24H24F5N5OS/c1-13-4-6-16(7-5-13)21-20(33-15(3)36-21)22(35)34-12-23(25,26)8-14(2)17(34)9-31-19-11-30-18(10-32-19)24(27,28)29/h4-7,10-11,14,17H,8-9,12H2,1-3H3,(H,31,32). The number of aryl methyl sites for hydroxylation is 2. The predicted molar refractivity (Wildman–Crippen MR) is 126 cm³/mol. The molecule has 4 rings (SSSR count). The molecule has 1 fully saturated rings. The van der Waals surface area contributed by atoms with Crippen molar-refractivity contribution in [3.8, 4) is 10.4 Å². The van der Waals surface area contributed by atoms with E-state index in [1.807, 2.05) is 31.2 Å². The molecule has 36 heavy (non-hydrogen) atoms. The van der Waals surface area contributed by atoms with Crippen molar-refractivity contribution >= 4 is 23.1 Å². The van der Waals surface area contributed by atoms with E-state index in [-0.39, 0.29) is 18.1 Å². The number of carbonyl (C=O) groups is 1. The first kappa shape index (κ1) is 25.9. The molecule has 1 aliphatic heterocycles. The van der Waals surface area contributed by atoms with Gasteiger partial charge in [-0.15, -0.1) is 11.3 Å². The maximum absolute atomic E-state index is 14.6. The molecule has 2 aromatic heterocycles. The number of rotatable bonds is 5. The molecule has 0 spiro atoms. The van der Waals surface area contributed by atoms with Crippen LogP contribution in [0.1, 0.15) is 40.1 Å². The minimum atomic E-state index is -4.63. The highest BCUT2D eigenvalue weighted by Gasteiger charge is 2.47. The lowest BCUT2D eigenvalue weighted by molar-refractivity contribution is -0.141. The lowest BCUT2D eigenvalue weighted by Crippen LogP contribution is -2.57. The molecule has 1 saturated heterocycles. The summed E-state index contributed by atoms with van der Waals surface area (Å²) in [6.07, 6.45) is -3.53. The van der Waals surface area contributed by atoms with Crippen molar-refractivity contribution in [2.75, 3.05) is 18.4 Å². The molecule has 0 radical (unpaired) electrons. The lowest BCUT2D eigenvalue weighted by atomic mass is 9.88. The number of hydrogen-bond donors (Lipinski definition) is 1. The maximum atomic E-state index is 14.6. The SMILES string of the molecule is Cc1ccc(-c2sc(C)nc2C(=O)N2CC(F)(F)CC(C)C2CNc2cnc(C(F)(F)F)cn2)cc1. The average Bonchev–Trinajstić information content (AvgIpc) is 3.19. The van der Waals surface area contributed by atoms with Gasteiger partial charge in [0.15, 0.2) is 5.69 Å². The number of anilines is 1. The smallest absolute Gasteiger partial charge is 0.367 e. The van der Waals surface area contributed by atoms with E-state index in [1.54, 1.807) is 13.8 Å². The van der Waals surface area contributed by atoms with Gasteiger partial charge in [-0.2, -0.15) is 13.2 Å². The number of carbonyl (C=O) groups excluding carboxylic acids is 1. The minimum Gasteiger partial charge on any atom is -0.367 e. The third-order valence-electron chi connectivity index (χ3n) is 6.03. The van der Waals surface area contributed by atoms with Gasteiger partial charge in [0.05, 0.1) is 34.9 Å². The first-order valence-electron chi connectivity index (χ1n) is 11.2. The summed E-state index contributed by atoms with van der Waals surface area (Å²) < 4.78 is 67.4. The highest BCUT2D eigenvalue weighted by atomic mass is 32.1. The van der Waals surface area contributed by atoms with Crippen LogP contribution in [0.3, 0.4) is 0 Å². The van der Waals surface area contributed by atoms with E-state index < -0.39 is 48.6 Å². The second-order valence-electron chi connectivity index (χ2n) is 8.98. The zero-order chi connectivity index (χ0) is 26.3. The van der Waals surface area contributed by atoms with E-state index >= 15 is 0 Å². The quantitative estimate of drug-likeness (QED) is 0.424. The summed E-state index contributed by atoms with van der Waals surface area (Å²) in [6.45, 7) is 4.51. The summed E-state index contributed by atoms with van der Waals surface area (Å²) >= 11 is 1.31. The Morgan fingerprint density at radius 1 is 1.17 bits per heavy atom. The Balaban J connectivity index is 1.60. The Hall–Kier alpha value is -3.15. The number of hydrogen-bond acceptors (Lipinski definition) is 6.